The Morgan fingerprint density at radius 2 is 1.53 bits per heavy atom. The van der Waals surface area contributed by atoms with Crippen molar-refractivity contribution in [1.29, 1.82) is 0 Å². The third-order valence-corrected chi connectivity index (χ3v) is 3.72. The van der Waals surface area contributed by atoms with Gasteiger partial charge in [0.25, 0.3) is 0 Å². The van der Waals surface area contributed by atoms with Crippen molar-refractivity contribution in [2.45, 2.75) is 82.1 Å². The van der Waals surface area contributed by atoms with Gasteiger partial charge in [-0.15, -0.1) is 12.6 Å². The lowest BCUT2D eigenvalue weighted by Crippen LogP contribution is -2.21. The van der Waals surface area contributed by atoms with Gasteiger partial charge < -0.3 is 10.0 Å². The van der Waals surface area contributed by atoms with E-state index in [9.17, 15) is 0 Å². The number of aryl methyl sites for hydroxylation is 2. The minimum atomic E-state index is 0.897. The summed E-state index contributed by atoms with van der Waals surface area (Å²) in [6.45, 7) is 24.0. The standard InChI is InChI=1S/C18H21NS.4C2H6.CH4O/c1-4-8-18(20)19(16-9-6-5-7-10-16)17-12-11-14(2)13-15(17)3;5*1-2/h4-6,8-9,11-13,20H,1,7,10H2,2-3H3;4*1-2H3;2H,1H3/b18-8-;;;;;. The predicted molar refractivity (Wildman–Crippen MR) is 146 cm³/mol. The second-order valence-corrected chi connectivity index (χ2v) is 5.47. The van der Waals surface area contributed by atoms with Gasteiger partial charge in [0.1, 0.15) is 0 Å². The van der Waals surface area contributed by atoms with Crippen LogP contribution in [0.3, 0.4) is 0 Å². The average molecular weight is 436 g/mol. The number of hydrogen-bond acceptors (Lipinski definition) is 3. The molecule has 0 saturated heterocycles. The van der Waals surface area contributed by atoms with Crippen LogP contribution in [-0.4, -0.2) is 12.2 Å². The first-order valence-electron chi connectivity index (χ1n) is 11.3. The molecule has 0 aromatic heterocycles. The maximum absolute atomic E-state index is 7.00. The van der Waals surface area contributed by atoms with E-state index < -0.39 is 0 Å². The number of anilines is 1. The van der Waals surface area contributed by atoms with E-state index in [4.69, 9.17) is 5.11 Å². The van der Waals surface area contributed by atoms with E-state index in [1.807, 2.05) is 61.5 Å². The maximum atomic E-state index is 7.00. The number of rotatable bonds is 4. The molecule has 0 unspecified atom stereocenters. The first kappa shape index (κ1) is 35.7. The van der Waals surface area contributed by atoms with Crippen molar-refractivity contribution in [2.24, 2.45) is 0 Å². The first-order valence-corrected chi connectivity index (χ1v) is 11.8. The number of hydrogen-bond donors (Lipinski definition) is 2. The maximum Gasteiger partial charge on any atom is 0.0764 e. The Labute approximate surface area is 194 Å². The van der Waals surface area contributed by atoms with Gasteiger partial charge in [-0.05, 0) is 50.5 Å². The van der Waals surface area contributed by atoms with Gasteiger partial charge in [0, 0.05) is 18.5 Å². The van der Waals surface area contributed by atoms with E-state index in [0.29, 0.717) is 0 Å². The average Bonchev–Trinajstić information content (AvgIpc) is 2.83. The Balaban J connectivity index is -0.000000296. The van der Waals surface area contributed by atoms with E-state index >= 15 is 0 Å². The van der Waals surface area contributed by atoms with Gasteiger partial charge in [-0.3, -0.25) is 0 Å². The van der Waals surface area contributed by atoms with E-state index in [-0.39, 0.29) is 0 Å². The van der Waals surface area contributed by atoms with Crippen LogP contribution in [0.4, 0.5) is 5.69 Å². The highest BCUT2D eigenvalue weighted by molar-refractivity contribution is 7.84. The molecule has 0 bridgehead atoms. The molecule has 0 aliphatic heterocycles. The quantitative estimate of drug-likeness (QED) is 0.364. The van der Waals surface area contributed by atoms with Gasteiger partial charge >= 0.3 is 0 Å². The van der Waals surface area contributed by atoms with Crippen LogP contribution in [0.1, 0.15) is 79.4 Å². The second-order valence-electron chi connectivity index (χ2n) is 5.01. The Hall–Kier alpha value is -1.71. The van der Waals surface area contributed by atoms with Crippen molar-refractivity contribution in [2.75, 3.05) is 12.0 Å². The van der Waals surface area contributed by atoms with Gasteiger partial charge in [0.05, 0.1) is 5.03 Å². The van der Waals surface area contributed by atoms with Crippen LogP contribution >= 0.6 is 12.6 Å². The van der Waals surface area contributed by atoms with Crippen LogP contribution in [-0.2, 0) is 0 Å². The summed E-state index contributed by atoms with van der Waals surface area (Å²) in [7, 11) is 1.00. The van der Waals surface area contributed by atoms with Crippen LogP contribution in [0.25, 0.3) is 0 Å². The van der Waals surface area contributed by atoms with Crippen LogP contribution in [0.2, 0.25) is 0 Å². The molecule has 1 aromatic carbocycles. The van der Waals surface area contributed by atoms with E-state index in [1.54, 1.807) is 6.08 Å². The van der Waals surface area contributed by atoms with Crippen LogP contribution in [0, 0.1) is 13.8 Å². The highest BCUT2D eigenvalue weighted by Crippen LogP contribution is 2.32. The zero-order valence-corrected chi connectivity index (χ0v) is 22.5. The Morgan fingerprint density at radius 3 is 1.93 bits per heavy atom. The third-order valence-electron chi connectivity index (χ3n) is 3.37. The Bertz CT molecular complexity index is 601. The normalized spacial score (nSPS) is 11.0. The van der Waals surface area contributed by atoms with Gasteiger partial charge in [-0.1, -0.05) is 97.9 Å². The SMILES string of the molecule is C=C/C=C(\S)N(C1=CC=CCC1)c1ccc(C)cc1C.CC.CC.CC.CC.CO. The summed E-state index contributed by atoms with van der Waals surface area (Å²) < 4.78 is 0. The van der Waals surface area contributed by atoms with Crippen molar-refractivity contribution < 1.29 is 5.11 Å². The molecule has 1 aromatic rings. The molecule has 0 heterocycles. The lowest BCUT2D eigenvalue weighted by atomic mass is 10.1. The molecule has 0 fully saturated rings. The summed E-state index contributed by atoms with van der Waals surface area (Å²) in [6, 6.07) is 6.51. The van der Waals surface area contributed by atoms with Crippen LogP contribution in [0.5, 0.6) is 0 Å². The van der Waals surface area contributed by atoms with Gasteiger partial charge in [-0.25, -0.2) is 0 Å². The minimum absolute atomic E-state index is 0.897. The molecule has 0 radical (unpaired) electrons. The molecule has 1 N–H and O–H groups in total. The highest BCUT2D eigenvalue weighted by atomic mass is 32.1. The van der Waals surface area contributed by atoms with E-state index in [1.165, 1.54) is 22.5 Å². The summed E-state index contributed by atoms with van der Waals surface area (Å²) in [4.78, 5) is 2.21. The van der Waals surface area contributed by atoms with Crippen molar-refractivity contribution in [3.8, 4) is 0 Å². The molecular formula is C27H49NOS. The van der Waals surface area contributed by atoms with Gasteiger partial charge in [0.2, 0.25) is 0 Å². The lowest BCUT2D eigenvalue weighted by molar-refractivity contribution is 0.399. The molecule has 2 nitrogen and oxygen atoms in total. The monoisotopic (exact) mass is 435 g/mol. The summed E-state index contributed by atoms with van der Waals surface area (Å²) in [5, 5.41) is 7.90. The predicted octanol–water partition coefficient (Wildman–Crippen LogP) is 9.01. The Morgan fingerprint density at radius 1 is 1.00 bits per heavy atom. The molecule has 174 valence electrons. The molecule has 0 saturated carbocycles. The lowest BCUT2D eigenvalue weighted by Gasteiger charge is -2.30. The minimum Gasteiger partial charge on any atom is -0.400 e. The van der Waals surface area contributed by atoms with Crippen molar-refractivity contribution >= 4 is 18.3 Å². The number of benzene rings is 1. The van der Waals surface area contributed by atoms with E-state index in [2.05, 4.69) is 74.4 Å². The summed E-state index contributed by atoms with van der Waals surface area (Å²) in [5.41, 5.74) is 4.98. The zero-order chi connectivity index (χ0) is 24.5. The second kappa shape index (κ2) is 27.3. The number of nitrogens with zero attached hydrogens (tertiary/aromatic N) is 1. The molecule has 0 atom stereocenters. The molecular weight excluding hydrogens is 386 g/mol. The molecule has 1 aliphatic carbocycles. The fraction of sp³-hybridized carbons (Fsp3) is 0.481. The van der Waals surface area contributed by atoms with Crippen molar-refractivity contribution in [3.63, 3.8) is 0 Å². The van der Waals surface area contributed by atoms with E-state index in [0.717, 1.165) is 25.0 Å². The number of aliphatic hydroxyl groups is 1. The Kier molecular flexibility index (Phi) is 32.5. The number of allylic oxidation sites excluding steroid dienone is 6. The highest BCUT2D eigenvalue weighted by Gasteiger charge is 2.16. The molecule has 1 aliphatic rings. The largest absolute Gasteiger partial charge is 0.400 e. The summed E-state index contributed by atoms with van der Waals surface area (Å²) in [5.74, 6) is 0. The molecule has 0 amide bonds. The smallest absolute Gasteiger partial charge is 0.0764 e. The molecule has 3 heteroatoms. The molecule has 30 heavy (non-hydrogen) atoms. The van der Waals surface area contributed by atoms with Crippen LogP contribution < -0.4 is 4.90 Å². The number of aliphatic hydroxyl groups excluding tert-OH is 1. The van der Waals surface area contributed by atoms with Crippen molar-refractivity contribution in [1.82, 2.24) is 0 Å². The fourth-order valence-corrected chi connectivity index (χ4v) is 2.78. The molecule has 0 spiro atoms. The first-order chi connectivity index (χ1) is 14.6. The van der Waals surface area contributed by atoms with Gasteiger partial charge in [0.15, 0.2) is 0 Å². The van der Waals surface area contributed by atoms with Gasteiger partial charge in [-0.2, -0.15) is 0 Å². The topological polar surface area (TPSA) is 23.5 Å². The van der Waals surface area contributed by atoms with Crippen LogP contribution in [0.15, 0.2) is 65.9 Å². The fourth-order valence-electron chi connectivity index (χ4n) is 2.44. The zero-order valence-electron chi connectivity index (χ0n) is 21.6. The molecule has 2 rings (SSSR count). The van der Waals surface area contributed by atoms with Crippen molar-refractivity contribution in [3.05, 3.63) is 77.0 Å². The summed E-state index contributed by atoms with van der Waals surface area (Å²) >= 11 is 4.65. The number of thiol groups is 1. The summed E-state index contributed by atoms with van der Waals surface area (Å²) in [6.07, 6.45) is 12.3. The third kappa shape index (κ3) is 14.3.